The van der Waals surface area contributed by atoms with Gasteiger partial charge in [-0.05, 0) is 49.7 Å². The molecule has 0 spiro atoms. The van der Waals surface area contributed by atoms with Crippen molar-refractivity contribution in [3.8, 4) is 0 Å². The quantitative estimate of drug-likeness (QED) is 0.834. The lowest BCUT2D eigenvalue weighted by Crippen LogP contribution is -2.43. The number of hydrogen-bond acceptors (Lipinski definition) is 2. The number of rotatable bonds is 2. The van der Waals surface area contributed by atoms with Crippen LogP contribution >= 0.6 is 11.6 Å². The van der Waals surface area contributed by atoms with Gasteiger partial charge in [0, 0.05) is 11.4 Å². The van der Waals surface area contributed by atoms with Crippen LogP contribution in [0.4, 0.5) is 4.39 Å². The summed E-state index contributed by atoms with van der Waals surface area (Å²) in [6.45, 7) is 1.61. The molecule has 0 amide bonds. The van der Waals surface area contributed by atoms with Crippen LogP contribution in [0.15, 0.2) is 18.2 Å². The zero-order valence-electron chi connectivity index (χ0n) is 8.97. The Morgan fingerprint density at radius 2 is 2.00 bits per heavy atom. The zero-order valence-corrected chi connectivity index (χ0v) is 9.73. The Labute approximate surface area is 99.4 Å². The number of hydrogen-bond donors (Lipinski definition) is 2. The largest absolute Gasteiger partial charge is 0.389 e. The van der Waals surface area contributed by atoms with Gasteiger partial charge in [-0.1, -0.05) is 11.6 Å². The van der Waals surface area contributed by atoms with Gasteiger partial charge in [-0.25, -0.2) is 4.39 Å². The summed E-state index contributed by atoms with van der Waals surface area (Å²) in [5, 5.41) is 13.9. The molecule has 0 radical (unpaired) electrons. The van der Waals surface area contributed by atoms with Crippen molar-refractivity contribution in [2.45, 2.75) is 24.9 Å². The summed E-state index contributed by atoms with van der Waals surface area (Å²) in [6.07, 6.45) is 1.86. The Hall–Kier alpha value is -0.640. The van der Waals surface area contributed by atoms with E-state index >= 15 is 0 Å². The number of nitrogens with one attached hydrogen (secondary N) is 1. The maximum atomic E-state index is 13.1. The van der Waals surface area contributed by atoms with Gasteiger partial charge in [-0.2, -0.15) is 0 Å². The average Bonchev–Trinajstić information content (AvgIpc) is 2.15. The van der Waals surface area contributed by atoms with E-state index in [-0.39, 0.29) is 5.82 Å². The highest BCUT2D eigenvalue weighted by Gasteiger charge is 2.29. The Bertz CT molecular complexity index is 357. The van der Waals surface area contributed by atoms with Crippen molar-refractivity contribution in [1.82, 2.24) is 5.32 Å². The topological polar surface area (TPSA) is 32.3 Å². The number of piperidine rings is 1. The molecule has 0 aliphatic carbocycles. The van der Waals surface area contributed by atoms with Crippen LogP contribution in [-0.2, 0) is 6.42 Å². The highest BCUT2D eigenvalue weighted by atomic mass is 35.5. The smallest absolute Gasteiger partial charge is 0.124 e. The summed E-state index contributed by atoms with van der Waals surface area (Å²) in [4.78, 5) is 0. The first-order valence-corrected chi connectivity index (χ1v) is 5.83. The molecule has 2 rings (SSSR count). The Morgan fingerprint density at radius 1 is 1.31 bits per heavy atom. The van der Waals surface area contributed by atoms with E-state index in [2.05, 4.69) is 5.32 Å². The molecule has 0 bridgehead atoms. The summed E-state index contributed by atoms with van der Waals surface area (Å²) in [7, 11) is 0. The molecule has 16 heavy (non-hydrogen) atoms. The molecule has 2 nitrogen and oxygen atoms in total. The standard InChI is InChI=1S/C12H15ClFNO/c13-10-5-9(6-11(14)7-10)8-12(16)1-3-15-4-2-12/h5-7,15-16H,1-4,8H2. The van der Waals surface area contributed by atoms with Crippen molar-refractivity contribution < 1.29 is 9.50 Å². The normalized spacial score (nSPS) is 19.7. The molecule has 88 valence electrons. The van der Waals surface area contributed by atoms with Crippen molar-refractivity contribution in [2.24, 2.45) is 0 Å². The second-order valence-corrected chi connectivity index (χ2v) is 4.87. The molecule has 1 aromatic rings. The van der Waals surface area contributed by atoms with E-state index in [4.69, 9.17) is 11.6 Å². The molecule has 0 atom stereocenters. The fourth-order valence-corrected chi connectivity index (χ4v) is 2.41. The van der Waals surface area contributed by atoms with E-state index in [9.17, 15) is 9.50 Å². The highest BCUT2D eigenvalue weighted by molar-refractivity contribution is 6.30. The fraction of sp³-hybridized carbons (Fsp3) is 0.500. The van der Waals surface area contributed by atoms with Crippen molar-refractivity contribution in [3.05, 3.63) is 34.6 Å². The predicted molar refractivity (Wildman–Crippen MR) is 62.2 cm³/mol. The second-order valence-electron chi connectivity index (χ2n) is 4.43. The Kier molecular flexibility index (Phi) is 3.47. The van der Waals surface area contributed by atoms with Crippen LogP contribution in [0.5, 0.6) is 0 Å². The molecule has 1 fully saturated rings. The molecule has 1 saturated heterocycles. The Balaban J connectivity index is 2.13. The lowest BCUT2D eigenvalue weighted by molar-refractivity contribution is 0.0108. The maximum absolute atomic E-state index is 13.1. The molecule has 1 heterocycles. The van der Waals surface area contributed by atoms with Gasteiger partial charge in [0.25, 0.3) is 0 Å². The Morgan fingerprint density at radius 3 is 2.62 bits per heavy atom. The first-order chi connectivity index (χ1) is 7.57. The van der Waals surface area contributed by atoms with Crippen molar-refractivity contribution >= 4 is 11.6 Å². The van der Waals surface area contributed by atoms with Crippen LogP contribution in [0.2, 0.25) is 5.02 Å². The van der Waals surface area contributed by atoms with Gasteiger partial charge in [-0.15, -0.1) is 0 Å². The molecular formula is C12H15ClFNO. The van der Waals surface area contributed by atoms with E-state index in [0.29, 0.717) is 24.3 Å². The van der Waals surface area contributed by atoms with Gasteiger partial charge in [0.05, 0.1) is 5.60 Å². The predicted octanol–water partition coefficient (Wildman–Crippen LogP) is 2.14. The first-order valence-electron chi connectivity index (χ1n) is 5.45. The lowest BCUT2D eigenvalue weighted by Gasteiger charge is -2.32. The lowest BCUT2D eigenvalue weighted by atomic mass is 9.86. The van der Waals surface area contributed by atoms with Gasteiger partial charge < -0.3 is 10.4 Å². The van der Waals surface area contributed by atoms with Crippen LogP contribution in [-0.4, -0.2) is 23.8 Å². The highest BCUT2D eigenvalue weighted by Crippen LogP contribution is 2.25. The van der Waals surface area contributed by atoms with Crippen LogP contribution < -0.4 is 5.32 Å². The summed E-state index contributed by atoms with van der Waals surface area (Å²) in [6, 6.07) is 4.42. The average molecular weight is 244 g/mol. The fourth-order valence-electron chi connectivity index (χ4n) is 2.16. The molecular weight excluding hydrogens is 229 g/mol. The minimum atomic E-state index is -0.720. The number of benzene rings is 1. The summed E-state index contributed by atoms with van der Waals surface area (Å²) < 4.78 is 13.1. The minimum absolute atomic E-state index is 0.347. The summed E-state index contributed by atoms with van der Waals surface area (Å²) in [5.41, 5.74) is 0.0388. The molecule has 0 saturated carbocycles. The van der Waals surface area contributed by atoms with Crippen LogP contribution in [0, 0.1) is 5.82 Å². The molecule has 1 aromatic carbocycles. The van der Waals surface area contributed by atoms with Gasteiger partial charge >= 0.3 is 0 Å². The third-order valence-corrected chi connectivity index (χ3v) is 3.21. The molecule has 4 heteroatoms. The third kappa shape index (κ3) is 2.94. The number of halogens is 2. The maximum Gasteiger partial charge on any atom is 0.124 e. The first kappa shape index (κ1) is 11.8. The molecule has 1 aliphatic heterocycles. The monoisotopic (exact) mass is 243 g/mol. The molecule has 0 aromatic heterocycles. The van der Waals surface area contributed by atoms with E-state index in [1.807, 2.05) is 0 Å². The van der Waals surface area contributed by atoms with E-state index < -0.39 is 5.60 Å². The van der Waals surface area contributed by atoms with E-state index in [0.717, 1.165) is 18.7 Å². The van der Waals surface area contributed by atoms with Crippen LogP contribution in [0.25, 0.3) is 0 Å². The van der Waals surface area contributed by atoms with Gasteiger partial charge in [0.15, 0.2) is 0 Å². The van der Waals surface area contributed by atoms with Crippen molar-refractivity contribution in [2.75, 3.05) is 13.1 Å². The summed E-state index contributed by atoms with van der Waals surface area (Å²) in [5.74, 6) is -0.347. The van der Waals surface area contributed by atoms with Gasteiger partial charge in [0.1, 0.15) is 5.82 Å². The van der Waals surface area contributed by atoms with Crippen molar-refractivity contribution in [1.29, 1.82) is 0 Å². The van der Waals surface area contributed by atoms with E-state index in [1.165, 1.54) is 12.1 Å². The van der Waals surface area contributed by atoms with Gasteiger partial charge in [0.2, 0.25) is 0 Å². The molecule has 0 unspecified atom stereocenters. The van der Waals surface area contributed by atoms with Crippen molar-refractivity contribution in [3.63, 3.8) is 0 Å². The van der Waals surface area contributed by atoms with Crippen LogP contribution in [0.1, 0.15) is 18.4 Å². The molecule has 1 aliphatic rings. The molecule has 2 N–H and O–H groups in total. The minimum Gasteiger partial charge on any atom is -0.389 e. The number of aliphatic hydroxyl groups is 1. The van der Waals surface area contributed by atoms with E-state index in [1.54, 1.807) is 6.07 Å². The second kappa shape index (κ2) is 4.70. The van der Waals surface area contributed by atoms with Crippen LogP contribution in [0.3, 0.4) is 0 Å². The van der Waals surface area contributed by atoms with Gasteiger partial charge in [-0.3, -0.25) is 0 Å². The third-order valence-electron chi connectivity index (χ3n) is 2.99. The zero-order chi connectivity index (χ0) is 11.6. The SMILES string of the molecule is OC1(Cc2cc(F)cc(Cl)c2)CCNCC1. The summed E-state index contributed by atoms with van der Waals surface area (Å²) >= 11 is 5.78.